The summed E-state index contributed by atoms with van der Waals surface area (Å²) in [5.74, 6) is -0.885. The van der Waals surface area contributed by atoms with E-state index in [-0.39, 0.29) is 41.8 Å². The van der Waals surface area contributed by atoms with Crippen molar-refractivity contribution in [3.8, 4) is 0 Å². The maximum absolute atomic E-state index is 13.4. The number of urea groups is 1. The molecule has 0 aromatic rings. The molecular formula is C30H53N5O6. The fraction of sp³-hybridized carbons (Fsp3) is 0.733. The van der Waals surface area contributed by atoms with Crippen molar-refractivity contribution in [3.63, 3.8) is 0 Å². The number of rotatable bonds is 12. The predicted molar refractivity (Wildman–Crippen MR) is 160 cm³/mol. The number of hydrogen-bond acceptors (Lipinski definition) is 6. The van der Waals surface area contributed by atoms with Crippen LogP contribution in [0.5, 0.6) is 0 Å². The molecule has 1 aliphatic carbocycles. The third kappa shape index (κ3) is 14.3. The highest BCUT2D eigenvalue weighted by Crippen LogP contribution is 2.32. The van der Waals surface area contributed by atoms with Gasteiger partial charge in [-0.1, -0.05) is 61.0 Å². The summed E-state index contributed by atoms with van der Waals surface area (Å²) >= 11 is 0. The van der Waals surface area contributed by atoms with Gasteiger partial charge in [0.1, 0.15) is 17.9 Å². The van der Waals surface area contributed by atoms with Gasteiger partial charge in [-0.2, -0.15) is 0 Å². The number of hydrogen-bond donors (Lipinski definition) is 4. The number of nitrogens with one attached hydrogen (secondary N) is 4. The summed E-state index contributed by atoms with van der Waals surface area (Å²) in [6.45, 7) is 19.2. The third-order valence-electron chi connectivity index (χ3n) is 6.32. The predicted octanol–water partition coefficient (Wildman–Crippen LogP) is 2.73. The molecule has 0 bridgehead atoms. The Kier molecular flexibility index (Phi) is 17.5. The minimum Gasteiger partial charge on any atom is -0.355 e. The molecule has 2 unspecified atom stereocenters. The SMILES string of the molecule is C=CCNC=O.CC(=O)CNC(=O)[C@@H]1CCCN1C(=O)C(NC(=O)NC(C(=O)C1CC1)C(C)C)C(C)(C)C.CCC. The zero-order valence-corrected chi connectivity index (χ0v) is 26.3. The second-order valence-corrected chi connectivity index (χ2v) is 11.9. The molecule has 11 nitrogen and oxygen atoms in total. The highest BCUT2D eigenvalue weighted by Gasteiger charge is 2.43. The standard InChI is InChI=1S/C23H38N4O5.C4H7NO.C3H8/c1-13(2)17(18(29)15-9-10-15)25-22(32)26-19(23(4,5)6)21(31)27-11-7-8-16(27)20(30)24-12-14(3)28;1-2-3-5-4-6;1-3-2/h13,15-17,19H,7-12H2,1-6H3,(H,24,30)(H2,25,26,32);2,4H,1,3H2,(H,5,6);3H2,1-2H3/t16-,17?,19?;;/m0../s1. The third-order valence-corrected chi connectivity index (χ3v) is 6.32. The molecule has 2 rings (SSSR count). The number of nitrogens with zero attached hydrogens (tertiary/aromatic N) is 1. The minimum atomic E-state index is -0.882. The summed E-state index contributed by atoms with van der Waals surface area (Å²) < 4.78 is 0. The summed E-state index contributed by atoms with van der Waals surface area (Å²) in [4.78, 5) is 73.4. The van der Waals surface area contributed by atoms with E-state index in [0.29, 0.717) is 32.3 Å². The average molecular weight is 580 g/mol. The number of ketones is 2. The first-order valence-electron chi connectivity index (χ1n) is 14.6. The maximum atomic E-state index is 13.4. The number of likely N-dealkylation sites (tertiary alicyclic amines) is 1. The van der Waals surface area contributed by atoms with Crippen molar-refractivity contribution < 1.29 is 28.8 Å². The quantitative estimate of drug-likeness (QED) is 0.158. The van der Waals surface area contributed by atoms with Gasteiger partial charge in [0.15, 0.2) is 5.78 Å². The molecule has 0 aromatic heterocycles. The van der Waals surface area contributed by atoms with Crippen LogP contribution < -0.4 is 21.3 Å². The second-order valence-electron chi connectivity index (χ2n) is 11.9. The van der Waals surface area contributed by atoms with Crippen molar-refractivity contribution in [2.45, 2.75) is 106 Å². The molecule has 5 amide bonds. The Morgan fingerprint density at radius 3 is 2.02 bits per heavy atom. The molecule has 3 atom stereocenters. The van der Waals surface area contributed by atoms with Crippen LogP contribution in [0.25, 0.3) is 0 Å². The van der Waals surface area contributed by atoms with E-state index >= 15 is 0 Å². The van der Waals surface area contributed by atoms with Crippen LogP contribution in [0.15, 0.2) is 12.7 Å². The Morgan fingerprint density at radius 1 is 1.02 bits per heavy atom. The normalized spacial score (nSPS) is 17.4. The van der Waals surface area contributed by atoms with Gasteiger partial charge in [-0.15, -0.1) is 6.58 Å². The number of carbonyl (C=O) groups is 6. The molecule has 0 aromatic carbocycles. The van der Waals surface area contributed by atoms with Crippen LogP contribution >= 0.6 is 0 Å². The highest BCUT2D eigenvalue weighted by molar-refractivity contribution is 5.95. The fourth-order valence-electron chi connectivity index (χ4n) is 4.08. The van der Waals surface area contributed by atoms with Crippen LogP contribution in [0.1, 0.15) is 87.5 Å². The summed E-state index contributed by atoms with van der Waals surface area (Å²) in [6, 6.07) is -2.72. The second kappa shape index (κ2) is 19.0. The largest absolute Gasteiger partial charge is 0.355 e. The van der Waals surface area contributed by atoms with Crippen molar-refractivity contribution in [2.75, 3.05) is 19.6 Å². The summed E-state index contributed by atoms with van der Waals surface area (Å²) in [7, 11) is 0. The van der Waals surface area contributed by atoms with Crippen LogP contribution in [0.3, 0.4) is 0 Å². The molecule has 0 radical (unpaired) electrons. The van der Waals surface area contributed by atoms with Crippen molar-refractivity contribution in [1.29, 1.82) is 0 Å². The Hall–Kier alpha value is -3.24. The van der Waals surface area contributed by atoms with Gasteiger partial charge in [-0.25, -0.2) is 4.79 Å². The summed E-state index contributed by atoms with van der Waals surface area (Å²) in [5, 5.41) is 10.5. The Morgan fingerprint density at radius 2 is 1.61 bits per heavy atom. The lowest BCUT2D eigenvalue weighted by molar-refractivity contribution is -0.142. The van der Waals surface area contributed by atoms with Crippen LogP contribution in [0.4, 0.5) is 4.79 Å². The van der Waals surface area contributed by atoms with E-state index in [1.54, 1.807) is 6.08 Å². The van der Waals surface area contributed by atoms with Gasteiger partial charge < -0.3 is 26.2 Å². The van der Waals surface area contributed by atoms with Gasteiger partial charge >= 0.3 is 6.03 Å². The van der Waals surface area contributed by atoms with Crippen LogP contribution in [-0.2, 0) is 24.0 Å². The molecule has 1 saturated heterocycles. The minimum absolute atomic E-state index is 0.0154. The summed E-state index contributed by atoms with van der Waals surface area (Å²) in [5.41, 5.74) is -0.620. The van der Waals surface area contributed by atoms with E-state index < -0.39 is 29.6 Å². The topological polar surface area (TPSA) is 154 Å². The van der Waals surface area contributed by atoms with Crippen LogP contribution in [-0.4, -0.2) is 78.5 Å². The molecule has 1 heterocycles. The van der Waals surface area contributed by atoms with E-state index in [4.69, 9.17) is 0 Å². The monoisotopic (exact) mass is 579 g/mol. The van der Waals surface area contributed by atoms with Gasteiger partial charge in [-0.05, 0) is 43.9 Å². The average Bonchev–Trinajstić information content (AvgIpc) is 3.63. The molecule has 4 N–H and O–H groups in total. The van der Waals surface area contributed by atoms with Gasteiger partial charge in [0.25, 0.3) is 0 Å². The zero-order chi connectivity index (χ0) is 31.8. The first kappa shape index (κ1) is 37.8. The molecule has 2 aliphatic rings. The number of amides is 5. The van der Waals surface area contributed by atoms with Crippen molar-refractivity contribution in [2.24, 2.45) is 17.3 Å². The first-order chi connectivity index (χ1) is 19.2. The molecule has 41 heavy (non-hydrogen) atoms. The van der Waals surface area contributed by atoms with Gasteiger partial charge in [-0.3, -0.25) is 24.0 Å². The highest BCUT2D eigenvalue weighted by atomic mass is 16.2. The lowest BCUT2D eigenvalue weighted by Gasteiger charge is -2.35. The van der Waals surface area contributed by atoms with Crippen molar-refractivity contribution in [3.05, 3.63) is 12.7 Å². The summed E-state index contributed by atoms with van der Waals surface area (Å²) in [6.07, 6.45) is 6.39. The molecule has 0 spiro atoms. The van der Waals surface area contributed by atoms with Gasteiger partial charge in [0, 0.05) is 19.0 Å². The van der Waals surface area contributed by atoms with Crippen LogP contribution in [0.2, 0.25) is 0 Å². The van der Waals surface area contributed by atoms with E-state index in [9.17, 15) is 28.8 Å². The van der Waals surface area contributed by atoms with E-state index in [2.05, 4.69) is 41.7 Å². The maximum Gasteiger partial charge on any atom is 0.316 e. The lowest BCUT2D eigenvalue weighted by atomic mass is 9.85. The first-order valence-corrected chi connectivity index (χ1v) is 14.6. The Balaban J connectivity index is 0.00000154. The van der Waals surface area contributed by atoms with E-state index in [0.717, 1.165) is 12.8 Å². The molecule has 1 aliphatic heterocycles. The molecule has 234 valence electrons. The van der Waals surface area contributed by atoms with Crippen LogP contribution in [0, 0.1) is 17.3 Å². The number of carbonyl (C=O) groups excluding carboxylic acids is 6. The fourth-order valence-corrected chi connectivity index (χ4v) is 4.08. The van der Waals surface area contributed by atoms with Gasteiger partial charge in [0.05, 0.1) is 12.6 Å². The molecular weight excluding hydrogens is 526 g/mol. The van der Waals surface area contributed by atoms with E-state index in [1.165, 1.54) is 18.2 Å². The number of Topliss-reactive ketones (excluding diaryl/α,β-unsaturated/α-hetero) is 2. The molecule has 1 saturated carbocycles. The smallest absolute Gasteiger partial charge is 0.316 e. The van der Waals surface area contributed by atoms with Gasteiger partial charge in [0.2, 0.25) is 18.2 Å². The lowest BCUT2D eigenvalue weighted by Crippen LogP contribution is -2.60. The molecule has 11 heteroatoms. The van der Waals surface area contributed by atoms with Crippen molar-refractivity contribution >= 4 is 35.8 Å². The van der Waals surface area contributed by atoms with E-state index in [1.807, 2.05) is 34.6 Å². The Labute approximate surface area is 246 Å². The zero-order valence-electron chi connectivity index (χ0n) is 26.3. The van der Waals surface area contributed by atoms with Crippen molar-refractivity contribution in [1.82, 2.24) is 26.2 Å². The Bertz CT molecular complexity index is 886. The molecule has 2 fully saturated rings.